The third kappa shape index (κ3) is 1.47. The van der Waals surface area contributed by atoms with Crippen LogP contribution in [-0.2, 0) is 0 Å². The predicted octanol–water partition coefficient (Wildman–Crippen LogP) is 2.46. The fourth-order valence-electron chi connectivity index (χ4n) is 2.70. The molecule has 0 N–H and O–H groups in total. The highest BCUT2D eigenvalue weighted by Gasteiger charge is 2.38. The molecule has 0 spiro atoms. The summed E-state index contributed by atoms with van der Waals surface area (Å²) in [7, 11) is 0. The van der Waals surface area contributed by atoms with Crippen LogP contribution in [0.4, 0.5) is 0 Å². The number of benzene rings is 1. The Morgan fingerprint density at radius 3 is 3.17 bits per heavy atom. The molecule has 0 radical (unpaired) electrons. The van der Waals surface area contributed by atoms with Gasteiger partial charge in [0.1, 0.15) is 10.8 Å². The number of thiazole rings is 1. The lowest BCUT2D eigenvalue weighted by Gasteiger charge is -2.35. The molecule has 0 aliphatic carbocycles. The number of thioether (sulfide) groups is 1. The molecule has 92 valence electrons. The minimum absolute atomic E-state index is 0.0721. The van der Waals surface area contributed by atoms with Gasteiger partial charge in [-0.25, -0.2) is 4.98 Å². The molecule has 18 heavy (non-hydrogen) atoms. The molecule has 2 unspecified atom stereocenters. The minimum atomic E-state index is -0.0721. The van der Waals surface area contributed by atoms with E-state index in [9.17, 15) is 5.11 Å². The Labute approximate surface area is 113 Å². The maximum atomic E-state index is 11.5. The Morgan fingerprint density at radius 1 is 1.33 bits per heavy atom. The Hall–Kier alpha value is -1.20. The van der Waals surface area contributed by atoms with Crippen LogP contribution >= 0.6 is 23.1 Å². The molecule has 1 aromatic heterocycles. The zero-order valence-corrected chi connectivity index (χ0v) is 11.1. The van der Waals surface area contributed by atoms with Gasteiger partial charge in [-0.3, -0.25) is 0 Å². The molecular formula is C13H10NO2S2-. The fourth-order valence-corrected chi connectivity index (χ4v) is 5.04. The van der Waals surface area contributed by atoms with Crippen molar-refractivity contribution in [1.29, 1.82) is 0 Å². The van der Waals surface area contributed by atoms with E-state index in [1.807, 2.05) is 18.2 Å². The van der Waals surface area contributed by atoms with Gasteiger partial charge in [0, 0.05) is 33.2 Å². The van der Waals surface area contributed by atoms with Crippen molar-refractivity contribution >= 4 is 23.1 Å². The summed E-state index contributed by atoms with van der Waals surface area (Å²) in [4.78, 5) is 5.24. The number of ether oxygens (including phenoxy) is 1. The normalized spacial score (nSPS) is 24.7. The molecular weight excluding hydrogens is 266 g/mol. The largest absolute Gasteiger partial charge is 0.851 e. The maximum Gasteiger partial charge on any atom is 0.123 e. The van der Waals surface area contributed by atoms with Gasteiger partial charge in [0.25, 0.3) is 0 Å². The lowest BCUT2D eigenvalue weighted by atomic mass is 9.84. The molecule has 2 atom stereocenters. The van der Waals surface area contributed by atoms with Crippen molar-refractivity contribution in [1.82, 2.24) is 4.98 Å². The number of nitrogens with zero attached hydrogens (tertiary/aromatic N) is 1. The first-order valence-corrected chi connectivity index (χ1v) is 7.65. The standard InChI is InChI=1S/C13H11NO2S2/c15-13-14-12-11(18-13)10-7(6-17-12)5-16-9-4-2-1-3-8(9)10/h1-4,7,10H,5-6H2,(H,14,15)/p-1. The number of para-hydroxylation sites is 1. The highest BCUT2D eigenvalue weighted by molar-refractivity contribution is 7.99. The van der Waals surface area contributed by atoms with Gasteiger partial charge in [-0.15, -0.1) is 23.1 Å². The van der Waals surface area contributed by atoms with Crippen molar-refractivity contribution in [2.24, 2.45) is 5.92 Å². The molecule has 3 nitrogen and oxygen atoms in total. The number of hydrogen-bond donors (Lipinski definition) is 0. The van der Waals surface area contributed by atoms with E-state index in [4.69, 9.17) is 4.74 Å². The molecule has 0 saturated carbocycles. The molecule has 2 aliphatic rings. The van der Waals surface area contributed by atoms with Gasteiger partial charge < -0.3 is 9.84 Å². The van der Waals surface area contributed by atoms with Crippen LogP contribution in [0.15, 0.2) is 29.3 Å². The summed E-state index contributed by atoms with van der Waals surface area (Å²) in [6.07, 6.45) is 0. The van der Waals surface area contributed by atoms with Gasteiger partial charge in [-0.2, -0.15) is 0 Å². The molecule has 2 aliphatic heterocycles. The Balaban J connectivity index is 1.91. The number of fused-ring (bicyclic) bond motifs is 5. The molecule has 0 saturated heterocycles. The van der Waals surface area contributed by atoms with Crippen LogP contribution in [0.5, 0.6) is 10.9 Å². The minimum Gasteiger partial charge on any atom is -0.851 e. The summed E-state index contributed by atoms with van der Waals surface area (Å²) < 4.78 is 5.81. The highest BCUT2D eigenvalue weighted by Crippen LogP contribution is 2.51. The molecule has 2 aromatic rings. The molecule has 5 heteroatoms. The molecule has 1 aromatic carbocycles. The van der Waals surface area contributed by atoms with Gasteiger partial charge in [0.2, 0.25) is 0 Å². The van der Waals surface area contributed by atoms with Gasteiger partial charge in [-0.05, 0) is 6.07 Å². The first kappa shape index (κ1) is 10.7. The van der Waals surface area contributed by atoms with Crippen molar-refractivity contribution in [2.75, 3.05) is 12.4 Å². The molecule has 4 rings (SSSR count). The Bertz CT molecular complexity index is 611. The second-order valence-electron chi connectivity index (χ2n) is 4.55. The van der Waals surface area contributed by atoms with Gasteiger partial charge >= 0.3 is 0 Å². The van der Waals surface area contributed by atoms with E-state index in [1.54, 1.807) is 11.8 Å². The van der Waals surface area contributed by atoms with Crippen LogP contribution in [-0.4, -0.2) is 17.3 Å². The van der Waals surface area contributed by atoms with Crippen molar-refractivity contribution in [3.05, 3.63) is 34.7 Å². The second-order valence-corrected chi connectivity index (χ2v) is 6.55. The van der Waals surface area contributed by atoms with Gasteiger partial charge in [0.15, 0.2) is 0 Å². The summed E-state index contributed by atoms with van der Waals surface area (Å²) in [6, 6.07) is 8.14. The van der Waals surface area contributed by atoms with Crippen molar-refractivity contribution in [3.8, 4) is 10.9 Å². The fraction of sp³-hybridized carbons (Fsp3) is 0.308. The van der Waals surface area contributed by atoms with Crippen LogP contribution in [0.3, 0.4) is 0 Å². The average Bonchev–Trinajstić information content (AvgIpc) is 2.78. The summed E-state index contributed by atoms with van der Waals surface area (Å²) in [5.41, 5.74) is 1.21. The number of rotatable bonds is 0. The van der Waals surface area contributed by atoms with Gasteiger partial charge in [0.05, 0.1) is 6.61 Å². The Kier molecular flexibility index (Phi) is 2.32. The molecule has 0 amide bonds. The van der Waals surface area contributed by atoms with E-state index in [0.717, 1.165) is 28.0 Å². The first-order chi connectivity index (χ1) is 8.83. The lowest BCUT2D eigenvalue weighted by Crippen LogP contribution is -2.30. The smallest absolute Gasteiger partial charge is 0.123 e. The summed E-state index contributed by atoms with van der Waals surface area (Å²) in [5, 5.41) is 12.4. The second kappa shape index (κ2) is 3.90. The molecule has 0 bridgehead atoms. The molecule has 3 heterocycles. The van der Waals surface area contributed by atoms with E-state index >= 15 is 0 Å². The zero-order chi connectivity index (χ0) is 12.1. The predicted molar refractivity (Wildman–Crippen MR) is 69.6 cm³/mol. The quantitative estimate of drug-likeness (QED) is 0.741. The first-order valence-electron chi connectivity index (χ1n) is 5.85. The van der Waals surface area contributed by atoms with E-state index in [1.165, 1.54) is 16.9 Å². The SMILES string of the molecule is [O-]c1nc2c(s1)C1c3ccccc3OCC1CS2. The topological polar surface area (TPSA) is 45.2 Å². The van der Waals surface area contributed by atoms with E-state index in [2.05, 4.69) is 11.1 Å². The highest BCUT2D eigenvalue weighted by atomic mass is 32.2. The van der Waals surface area contributed by atoms with Crippen LogP contribution in [0.25, 0.3) is 0 Å². The van der Waals surface area contributed by atoms with Crippen LogP contribution in [0.2, 0.25) is 0 Å². The van der Waals surface area contributed by atoms with E-state index in [-0.39, 0.29) is 5.19 Å². The third-order valence-corrected chi connectivity index (χ3v) is 5.74. The summed E-state index contributed by atoms with van der Waals surface area (Å²) >= 11 is 2.99. The van der Waals surface area contributed by atoms with Crippen molar-refractivity contribution < 1.29 is 9.84 Å². The zero-order valence-electron chi connectivity index (χ0n) is 9.46. The monoisotopic (exact) mass is 276 g/mol. The van der Waals surface area contributed by atoms with Gasteiger partial charge in [-0.1, -0.05) is 18.2 Å². The lowest BCUT2D eigenvalue weighted by molar-refractivity contribution is -0.268. The Morgan fingerprint density at radius 2 is 2.22 bits per heavy atom. The summed E-state index contributed by atoms with van der Waals surface area (Å²) in [6.45, 7) is 0.736. The van der Waals surface area contributed by atoms with Crippen molar-refractivity contribution in [2.45, 2.75) is 10.9 Å². The average molecular weight is 276 g/mol. The van der Waals surface area contributed by atoms with Crippen LogP contribution in [0, 0.1) is 5.92 Å². The summed E-state index contributed by atoms with van der Waals surface area (Å²) in [5.74, 6) is 2.69. The molecule has 0 fully saturated rings. The van der Waals surface area contributed by atoms with E-state index < -0.39 is 0 Å². The maximum absolute atomic E-state index is 11.5. The van der Waals surface area contributed by atoms with Crippen LogP contribution in [0.1, 0.15) is 16.4 Å². The number of hydrogen-bond acceptors (Lipinski definition) is 5. The third-order valence-electron chi connectivity index (χ3n) is 3.50. The number of aromatic nitrogens is 1. The van der Waals surface area contributed by atoms with Crippen LogP contribution < -0.4 is 9.84 Å². The van der Waals surface area contributed by atoms with E-state index in [0.29, 0.717) is 11.8 Å². The van der Waals surface area contributed by atoms with Crippen molar-refractivity contribution in [3.63, 3.8) is 0 Å².